The Bertz CT molecular complexity index is 1050. The first-order valence-electron chi connectivity index (χ1n) is 7.36. The molecule has 0 atom stereocenters. The van der Waals surface area contributed by atoms with E-state index in [4.69, 9.17) is 11.6 Å². The third-order valence-electron chi connectivity index (χ3n) is 3.70. The number of halogens is 1. The molecule has 0 N–H and O–H groups in total. The first kappa shape index (κ1) is 15.2. The second-order valence-electron chi connectivity index (χ2n) is 5.26. The normalized spacial score (nSPS) is 11.2. The molecule has 2 aromatic heterocycles. The zero-order valence-electron chi connectivity index (χ0n) is 12.5. The largest absolute Gasteiger partial charge is 0.293 e. The number of hydrogen-bond acceptors (Lipinski definition) is 4. The van der Waals surface area contributed by atoms with Crippen molar-refractivity contribution in [2.45, 2.75) is 5.16 Å². The predicted octanol–water partition coefficient (Wildman–Crippen LogP) is 4.51. The van der Waals surface area contributed by atoms with Gasteiger partial charge in [0.1, 0.15) is 0 Å². The summed E-state index contributed by atoms with van der Waals surface area (Å²) in [7, 11) is 0. The molecule has 6 heteroatoms. The molecule has 0 saturated carbocycles. The van der Waals surface area contributed by atoms with Gasteiger partial charge in [-0.25, -0.2) is 9.50 Å². The van der Waals surface area contributed by atoms with Crippen LogP contribution in [0.15, 0.2) is 66.0 Å². The van der Waals surface area contributed by atoms with E-state index < -0.39 is 0 Å². The molecule has 2 heterocycles. The standard InChI is InChI=1S/C18H12ClN3OS/c19-13-6-7-14-15(10-13)21-18(22-16(14)8-9-20-22)24-11-17(23)12-4-2-1-3-5-12/h1-10H,11H2. The molecule has 0 aliphatic rings. The molecule has 24 heavy (non-hydrogen) atoms. The maximum atomic E-state index is 12.3. The molecular weight excluding hydrogens is 342 g/mol. The molecule has 0 spiro atoms. The molecule has 0 unspecified atom stereocenters. The van der Waals surface area contributed by atoms with Gasteiger partial charge in [0.15, 0.2) is 10.9 Å². The third kappa shape index (κ3) is 2.77. The topological polar surface area (TPSA) is 47.3 Å². The van der Waals surface area contributed by atoms with E-state index in [0.29, 0.717) is 21.5 Å². The Hall–Kier alpha value is -2.37. The van der Waals surface area contributed by atoms with E-state index in [9.17, 15) is 4.79 Å². The highest BCUT2D eigenvalue weighted by atomic mass is 35.5. The van der Waals surface area contributed by atoms with Gasteiger partial charge >= 0.3 is 0 Å². The maximum Gasteiger partial charge on any atom is 0.190 e. The number of fused-ring (bicyclic) bond motifs is 3. The second-order valence-corrected chi connectivity index (χ2v) is 6.64. The molecule has 0 aliphatic heterocycles. The molecule has 0 bridgehead atoms. The minimum absolute atomic E-state index is 0.0638. The fourth-order valence-electron chi connectivity index (χ4n) is 2.55. The summed E-state index contributed by atoms with van der Waals surface area (Å²) < 4.78 is 1.76. The molecule has 0 radical (unpaired) electrons. The van der Waals surface area contributed by atoms with Crippen LogP contribution in [0.2, 0.25) is 5.02 Å². The molecule has 0 fully saturated rings. The predicted molar refractivity (Wildman–Crippen MR) is 97.0 cm³/mol. The van der Waals surface area contributed by atoms with Crippen LogP contribution < -0.4 is 0 Å². The molecule has 0 aliphatic carbocycles. The van der Waals surface area contributed by atoms with Crippen LogP contribution in [-0.4, -0.2) is 26.1 Å². The summed E-state index contributed by atoms with van der Waals surface area (Å²) in [6.07, 6.45) is 1.73. The third-order valence-corrected chi connectivity index (χ3v) is 4.87. The van der Waals surface area contributed by atoms with Crippen LogP contribution in [0.25, 0.3) is 16.4 Å². The molecule has 118 valence electrons. The van der Waals surface area contributed by atoms with Crippen LogP contribution in [0.5, 0.6) is 0 Å². The summed E-state index contributed by atoms with van der Waals surface area (Å²) in [5.41, 5.74) is 2.45. The lowest BCUT2D eigenvalue weighted by Crippen LogP contribution is -2.05. The molecule has 2 aromatic carbocycles. The van der Waals surface area contributed by atoms with E-state index in [2.05, 4.69) is 10.1 Å². The van der Waals surface area contributed by atoms with Crippen LogP contribution in [0.3, 0.4) is 0 Å². The van der Waals surface area contributed by atoms with E-state index in [1.54, 1.807) is 10.7 Å². The number of nitrogens with zero attached hydrogens (tertiary/aromatic N) is 3. The number of benzene rings is 2. The molecule has 0 amide bonds. The summed E-state index contributed by atoms with van der Waals surface area (Å²) in [4.78, 5) is 16.9. The van der Waals surface area contributed by atoms with Crippen molar-refractivity contribution in [1.82, 2.24) is 14.6 Å². The number of Topliss-reactive ketones (excluding diaryl/α,β-unsaturated/α-hetero) is 1. The molecule has 4 rings (SSSR count). The van der Waals surface area contributed by atoms with Crippen molar-refractivity contribution in [3.63, 3.8) is 0 Å². The van der Waals surface area contributed by atoms with Gasteiger partial charge in [0, 0.05) is 16.0 Å². The van der Waals surface area contributed by atoms with Crippen LogP contribution in [-0.2, 0) is 0 Å². The lowest BCUT2D eigenvalue weighted by molar-refractivity contribution is 0.102. The lowest BCUT2D eigenvalue weighted by Gasteiger charge is -2.07. The second kappa shape index (κ2) is 6.26. The summed E-state index contributed by atoms with van der Waals surface area (Å²) in [5, 5.41) is 6.62. The van der Waals surface area contributed by atoms with Gasteiger partial charge in [0.25, 0.3) is 0 Å². The van der Waals surface area contributed by atoms with Crippen LogP contribution in [0.1, 0.15) is 10.4 Å². The zero-order valence-corrected chi connectivity index (χ0v) is 14.1. The smallest absolute Gasteiger partial charge is 0.190 e. The van der Waals surface area contributed by atoms with Gasteiger partial charge < -0.3 is 0 Å². The van der Waals surface area contributed by atoms with E-state index in [-0.39, 0.29) is 5.78 Å². The van der Waals surface area contributed by atoms with Gasteiger partial charge in [-0.15, -0.1) is 0 Å². The number of thioether (sulfide) groups is 1. The number of hydrogen-bond donors (Lipinski definition) is 0. The number of ketones is 1. The Morgan fingerprint density at radius 1 is 1.12 bits per heavy atom. The zero-order chi connectivity index (χ0) is 16.5. The van der Waals surface area contributed by atoms with Gasteiger partial charge in [-0.2, -0.15) is 5.10 Å². The van der Waals surface area contributed by atoms with Crippen molar-refractivity contribution in [2.24, 2.45) is 0 Å². The van der Waals surface area contributed by atoms with Crippen molar-refractivity contribution < 1.29 is 4.79 Å². The molecule has 4 aromatic rings. The van der Waals surface area contributed by atoms with Crippen LogP contribution in [0.4, 0.5) is 0 Å². The summed E-state index contributed by atoms with van der Waals surface area (Å²) >= 11 is 7.46. The van der Waals surface area contributed by atoms with Gasteiger partial charge in [-0.3, -0.25) is 4.79 Å². The van der Waals surface area contributed by atoms with E-state index in [0.717, 1.165) is 16.4 Å². The number of rotatable bonds is 4. The Morgan fingerprint density at radius 3 is 2.79 bits per heavy atom. The highest BCUT2D eigenvalue weighted by molar-refractivity contribution is 7.99. The Kier molecular flexibility index (Phi) is 3.96. The number of aromatic nitrogens is 3. The highest BCUT2D eigenvalue weighted by Crippen LogP contribution is 2.27. The Balaban J connectivity index is 1.70. The van der Waals surface area contributed by atoms with E-state index >= 15 is 0 Å². The summed E-state index contributed by atoms with van der Waals surface area (Å²) in [6.45, 7) is 0. The highest BCUT2D eigenvalue weighted by Gasteiger charge is 2.12. The van der Waals surface area contributed by atoms with Gasteiger partial charge in [-0.05, 0) is 24.3 Å². The first-order valence-corrected chi connectivity index (χ1v) is 8.73. The van der Waals surface area contributed by atoms with Crippen molar-refractivity contribution in [2.75, 3.05) is 5.75 Å². The van der Waals surface area contributed by atoms with Crippen molar-refractivity contribution in [3.05, 3.63) is 71.4 Å². The molecule has 4 nitrogen and oxygen atoms in total. The monoisotopic (exact) mass is 353 g/mol. The average molecular weight is 354 g/mol. The quantitative estimate of drug-likeness (QED) is 0.307. The number of carbonyl (C=O) groups excluding carboxylic acids is 1. The summed E-state index contributed by atoms with van der Waals surface area (Å²) in [5.74, 6) is 0.367. The average Bonchev–Trinajstić information content (AvgIpc) is 3.10. The minimum atomic E-state index is 0.0638. The van der Waals surface area contributed by atoms with Crippen molar-refractivity contribution >= 4 is 45.6 Å². The van der Waals surface area contributed by atoms with Gasteiger partial charge in [-0.1, -0.05) is 53.7 Å². The Labute approximate surface area is 147 Å². The van der Waals surface area contributed by atoms with Gasteiger partial charge in [0.2, 0.25) is 0 Å². The fraction of sp³-hybridized carbons (Fsp3) is 0.0556. The SMILES string of the molecule is O=C(CSc1nc2cc(Cl)ccc2c2ccnn12)c1ccccc1. The van der Waals surface area contributed by atoms with Gasteiger partial charge in [0.05, 0.1) is 23.0 Å². The summed E-state index contributed by atoms with van der Waals surface area (Å²) in [6, 6.07) is 16.8. The number of carbonyl (C=O) groups is 1. The fourth-order valence-corrected chi connectivity index (χ4v) is 3.58. The maximum absolute atomic E-state index is 12.3. The van der Waals surface area contributed by atoms with E-state index in [1.165, 1.54) is 11.8 Å². The van der Waals surface area contributed by atoms with Crippen LogP contribution >= 0.6 is 23.4 Å². The lowest BCUT2D eigenvalue weighted by atomic mass is 10.2. The molecular formula is C18H12ClN3OS. The minimum Gasteiger partial charge on any atom is -0.293 e. The van der Waals surface area contributed by atoms with Crippen molar-refractivity contribution in [3.8, 4) is 0 Å². The van der Waals surface area contributed by atoms with E-state index in [1.807, 2.05) is 54.6 Å². The first-order chi connectivity index (χ1) is 11.7. The Morgan fingerprint density at radius 2 is 1.96 bits per heavy atom. The van der Waals surface area contributed by atoms with Crippen LogP contribution in [0, 0.1) is 0 Å². The molecule has 0 saturated heterocycles. The van der Waals surface area contributed by atoms with Crippen molar-refractivity contribution in [1.29, 1.82) is 0 Å².